The van der Waals surface area contributed by atoms with Crippen molar-refractivity contribution in [2.24, 2.45) is 11.5 Å². The molecule has 4 aromatic rings. The number of guanidine groups is 2. The first kappa shape index (κ1) is 19.7. The fraction of sp³-hybridized carbons (Fsp3) is 0. The van der Waals surface area contributed by atoms with E-state index in [-0.39, 0.29) is 11.9 Å². The van der Waals surface area contributed by atoms with Crippen LogP contribution < -0.4 is 22.1 Å². The Morgan fingerprint density at radius 1 is 0.533 bits per heavy atom. The molecule has 0 bridgehead atoms. The van der Waals surface area contributed by atoms with Crippen LogP contribution in [0, 0.1) is 10.8 Å². The molecule has 6 nitrogen and oxygen atoms in total. The summed E-state index contributed by atoms with van der Waals surface area (Å²) in [5.41, 5.74) is 14.6. The summed E-state index contributed by atoms with van der Waals surface area (Å²) in [6.07, 6.45) is 0. The van der Waals surface area contributed by atoms with Crippen molar-refractivity contribution in [3.63, 3.8) is 0 Å². The smallest absolute Gasteiger partial charge is 0.190 e. The van der Waals surface area contributed by atoms with Crippen molar-refractivity contribution in [1.29, 1.82) is 10.8 Å². The molecule has 0 unspecified atom stereocenters. The van der Waals surface area contributed by atoms with E-state index in [2.05, 4.69) is 34.9 Å². The number of rotatable bonds is 5. The summed E-state index contributed by atoms with van der Waals surface area (Å²) in [6.45, 7) is 0. The molecule has 2 aromatic heterocycles. The molecule has 0 amide bonds. The van der Waals surface area contributed by atoms with Crippen LogP contribution in [0.3, 0.4) is 0 Å². The Bertz CT molecular complexity index is 1090. The van der Waals surface area contributed by atoms with Crippen LogP contribution in [0.25, 0.3) is 30.6 Å². The average molecular weight is 433 g/mol. The van der Waals surface area contributed by atoms with Gasteiger partial charge >= 0.3 is 0 Å². The van der Waals surface area contributed by atoms with Crippen molar-refractivity contribution in [1.82, 2.24) is 0 Å². The summed E-state index contributed by atoms with van der Waals surface area (Å²) in [5.74, 6) is -0.140. The molecule has 0 aliphatic rings. The molecule has 30 heavy (non-hydrogen) atoms. The maximum absolute atomic E-state index is 7.30. The third-order valence-electron chi connectivity index (χ3n) is 4.35. The van der Waals surface area contributed by atoms with Crippen LogP contribution in [0.1, 0.15) is 0 Å². The van der Waals surface area contributed by atoms with Crippen LogP contribution in [0.15, 0.2) is 72.8 Å². The van der Waals surface area contributed by atoms with Gasteiger partial charge in [-0.3, -0.25) is 10.8 Å². The number of benzene rings is 2. The minimum atomic E-state index is -0.0700. The Balaban J connectivity index is 1.51. The molecule has 0 radical (unpaired) electrons. The molecular weight excluding hydrogens is 412 g/mol. The number of hydrogen-bond acceptors (Lipinski definition) is 4. The van der Waals surface area contributed by atoms with E-state index in [9.17, 15) is 0 Å². The number of nitrogens with one attached hydrogen (secondary N) is 4. The fourth-order valence-corrected chi connectivity index (χ4v) is 5.11. The highest BCUT2D eigenvalue weighted by molar-refractivity contribution is 7.25. The van der Waals surface area contributed by atoms with E-state index in [1.54, 1.807) is 22.7 Å². The third kappa shape index (κ3) is 4.51. The molecule has 8 N–H and O–H groups in total. The van der Waals surface area contributed by atoms with Gasteiger partial charge in [-0.05, 0) is 59.7 Å². The van der Waals surface area contributed by atoms with E-state index in [0.29, 0.717) is 0 Å². The number of thiophene rings is 2. The Morgan fingerprint density at radius 2 is 0.867 bits per heavy atom. The van der Waals surface area contributed by atoms with Crippen LogP contribution in [0.2, 0.25) is 0 Å². The minimum absolute atomic E-state index is 0.0700. The van der Waals surface area contributed by atoms with Gasteiger partial charge in [-0.2, -0.15) is 0 Å². The SMILES string of the molecule is N=C(N)Nc1ccc(-c2ccc(-c3ccc(-c4ccc(NC(=N)N)cc4)s3)s2)cc1. The lowest BCUT2D eigenvalue weighted by molar-refractivity contribution is 1.41. The normalized spacial score (nSPS) is 10.5. The van der Waals surface area contributed by atoms with E-state index in [4.69, 9.17) is 22.3 Å². The maximum Gasteiger partial charge on any atom is 0.190 e. The van der Waals surface area contributed by atoms with E-state index in [1.165, 1.54) is 19.5 Å². The summed E-state index contributed by atoms with van der Waals surface area (Å²) in [4.78, 5) is 4.83. The maximum atomic E-state index is 7.30. The summed E-state index contributed by atoms with van der Waals surface area (Å²) in [7, 11) is 0. The highest BCUT2D eigenvalue weighted by Crippen LogP contribution is 2.40. The zero-order valence-corrected chi connectivity index (χ0v) is 17.5. The second-order valence-electron chi connectivity index (χ2n) is 6.56. The molecule has 0 aliphatic heterocycles. The molecule has 0 atom stereocenters. The van der Waals surface area contributed by atoms with Gasteiger partial charge in [0.25, 0.3) is 0 Å². The largest absolute Gasteiger partial charge is 0.370 e. The number of anilines is 2. The van der Waals surface area contributed by atoms with E-state index < -0.39 is 0 Å². The molecule has 0 saturated heterocycles. The highest BCUT2D eigenvalue weighted by Gasteiger charge is 2.09. The lowest BCUT2D eigenvalue weighted by atomic mass is 10.1. The highest BCUT2D eigenvalue weighted by atomic mass is 32.1. The van der Waals surface area contributed by atoms with E-state index >= 15 is 0 Å². The standard InChI is InChI=1S/C22H20N6S2/c23-21(24)27-15-5-1-13(2-6-15)17-9-11-19(29-17)20-12-10-18(30-20)14-3-7-16(8-4-14)28-22(25)26/h1-12H,(H4,23,24,27)(H4,25,26,28). The Hall–Kier alpha value is -3.62. The summed E-state index contributed by atoms with van der Waals surface area (Å²) in [6, 6.07) is 24.4. The summed E-state index contributed by atoms with van der Waals surface area (Å²) < 4.78 is 0. The van der Waals surface area contributed by atoms with Gasteiger partial charge in [0.1, 0.15) is 0 Å². The van der Waals surface area contributed by atoms with Gasteiger partial charge in [0.15, 0.2) is 11.9 Å². The van der Waals surface area contributed by atoms with Gasteiger partial charge in [0, 0.05) is 30.9 Å². The van der Waals surface area contributed by atoms with Crippen LogP contribution in [-0.2, 0) is 0 Å². The second-order valence-corrected chi connectivity index (χ2v) is 8.73. The number of hydrogen-bond donors (Lipinski definition) is 6. The fourth-order valence-electron chi connectivity index (χ4n) is 3.00. The van der Waals surface area contributed by atoms with Crippen molar-refractivity contribution in [2.45, 2.75) is 0 Å². The molecule has 8 heteroatoms. The zero-order valence-electron chi connectivity index (χ0n) is 15.9. The minimum Gasteiger partial charge on any atom is -0.370 e. The zero-order chi connectivity index (χ0) is 21.1. The summed E-state index contributed by atoms with van der Waals surface area (Å²) >= 11 is 3.50. The van der Waals surface area contributed by atoms with Crippen LogP contribution in [0.5, 0.6) is 0 Å². The van der Waals surface area contributed by atoms with Crippen LogP contribution in [0.4, 0.5) is 11.4 Å². The molecule has 2 aromatic carbocycles. The Labute approximate surface area is 182 Å². The molecule has 150 valence electrons. The monoisotopic (exact) mass is 432 g/mol. The van der Waals surface area contributed by atoms with Gasteiger partial charge in [0.2, 0.25) is 0 Å². The molecule has 0 fully saturated rings. The predicted molar refractivity (Wildman–Crippen MR) is 130 cm³/mol. The van der Waals surface area contributed by atoms with Crippen molar-refractivity contribution >= 4 is 46.0 Å². The van der Waals surface area contributed by atoms with Gasteiger partial charge in [0.05, 0.1) is 0 Å². The van der Waals surface area contributed by atoms with E-state index in [0.717, 1.165) is 22.5 Å². The Morgan fingerprint density at radius 3 is 1.20 bits per heavy atom. The van der Waals surface area contributed by atoms with Crippen molar-refractivity contribution in [3.8, 4) is 30.6 Å². The Kier molecular flexibility index (Phi) is 5.51. The topological polar surface area (TPSA) is 124 Å². The van der Waals surface area contributed by atoms with Crippen molar-refractivity contribution in [3.05, 3.63) is 72.8 Å². The first-order valence-corrected chi connectivity index (χ1v) is 10.7. The molecule has 2 heterocycles. The predicted octanol–water partition coefficient (Wildman–Crippen LogP) is 5.42. The lowest BCUT2D eigenvalue weighted by Gasteiger charge is -2.04. The van der Waals surface area contributed by atoms with Crippen molar-refractivity contribution in [2.75, 3.05) is 10.6 Å². The van der Waals surface area contributed by atoms with Gasteiger partial charge in [-0.25, -0.2) is 0 Å². The van der Waals surface area contributed by atoms with Crippen molar-refractivity contribution < 1.29 is 0 Å². The molecular formula is C22H20N6S2. The van der Waals surface area contributed by atoms with Crippen LogP contribution in [-0.4, -0.2) is 11.9 Å². The van der Waals surface area contributed by atoms with E-state index in [1.807, 2.05) is 48.5 Å². The molecule has 0 spiro atoms. The molecule has 0 aliphatic carbocycles. The summed E-state index contributed by atoms with van der Waals surface area (Å²) in [5, 5.41) is 20.2. The third-order valence-corrected chi connectivity index (χ3v) is 6.82. The lowest BCUT2D eigenvalue weighted by Crippen LogP contribution is -2.20. The first-order chi connectivity index (χ1) is 14.5. The van der Waals surface area contributed by atoms with Gasteiger partial charge in [-0.15, -0.1) is 22.7 Å². The quantitative estimate of drug-likeness (QED) is 0.186. The average Bonchev–Trinajstić information content (AvgIpc) is 3.38. The molecule has 0 saturated carbocycles. The molecule has 4 rings (SSSR count). The van der Waals surface area contributed by atoms with Gasteiger partial charge in [-0.1, -0.05) is 24.3 Å². The first-order valence-electron chi connectivity index (χ1n) is 9.11. The van der Waals surface area contributed by atoms with Gasteiger partial charge < -0.3 is 22.1 Å². The van der Waals surface area contributed by atoms with Crippen LogP contribution >= 0.6 is 22.7 Å². The number of nitrogens with two attached hydrogens (primary N) is 2. The second kappa shape index (κ2) is 8.40.